The van der Waals surface area contributed by atoms with Gasteiger partial charge in [-0.15, -0.1) is 0 Å². The number of aliphatic hydroxyl groups excluding tert-OH is 1. The Hall–Kier alpha value is -2.97. The third kappa shape index (κ3) is 7.29. The minimum Gasteiger partial charge on any atom is -0.390 e. The van der Waals surface area contributed by atoms with Gasteiger partial charge in [0.2, 0.25) is 18.2 Å². The molecule has 0 radical (unpaired) electrons. The number of nitrogens with zero attached hydrogens (tertiary/aromatic N) is 2. The summed E-state index contributed by atoms with van der Waals surface area (Å²) in [7, 11) is 0. The van der Waals surface area contributed by atoms with Crippen LogP contribution in [0.25, 0.3) is 10.8 Å². The van der Waals surface area contributed by atoms with Gasteiger partial charge in [-0.05, 0) is 42.0 Å². The molecule has 3 rings (SSSR count). The lowest BCUT2D eigenvalue weighted by Gasteiger charge is -2.38. The first-order valence-electron chi connectivity index (χ1n) is 13.6. The number of rotatable bonds is 14. The van der Waals surface area contributed by atoms with Crippen LogP contribution in [-0.4, -0.2) is 71.1 Å². The fraction of sp³-hybridized carbons (Fsp3) is 0.552. The molecule has 8 heteroatoms. The summed E-state index contributed by atoms with van der Waals surface area (Å²) in [6.07, 6.45) is 4.52. The van der Waals surface area contributed by atoms with E-state index in [2.05, 4.69) is 19.2 Å². The van der Waals surface area contributed by atoms with Crippen molar-refractivity contribution < 1.29 is 19.5 Å². The van der Waals surface area contributed by atoms with E-state index in [1.54, 1.807) is 4.90 Å². The third-order valence-electron chi connectivity index (χ3n) is 7.28. The molecule has 1 aliphatic heterocycles. The van der Waals surface area contributed by atoms with Crippen molar-refractivity contribution in [2.24, 2.45) is 11.7 Å². The average molecular weight is 511 g/mol. The van der Waals surface area contributed by atoms with Gasteiger partial charge in [-0.25, -0.2) is 0 Å². The monoisotopic (exact) mass is 510 g/mol. The number of aliphatic hydroxyl groups is 1. The molecule has 2 unspecified atom stereocenters. The molecule has 0 aliphatic carbocycles. The van der Waals surface area contributed by atoms with Crippen LogP contribution in [-0.2, 0) is 20.8 Å². The van der Waals surface area contributed by atoms with Crippen LogP contribution in [0.5, 0.6) is 0 Å². The maximum atomic E-state index is 13.5. The number of benzene rings is 2. The first kappa shape index (κ1) is 28.6. The summed E-state index contributed by atoms with van der Waals surface area (Å²) in [5, 5.41) is 14.8. The molecule has 1 fully saturated rings. The van der Waals surface area contributed by atoms with E-state index in [1.165, 1.54) is 4.90 Å². The lowest BCUT2D eigenvalue weighted by atomic mass is 9.96. The van der Waals surface area contributed by atoms with Crippen molar-refractivity contribution in [2.45, 2.75) is 77.1 Å². The zero-order valence-corrected chi connectivity index (χ0v) is 22.1. The average Bonchev–Trinajstić information content (AvgIpc) is 3.40. The molecule has 1 saturated heterocycles. The second-order valence-corrected chi connectivity index (χ2v) is 10.0. The number of nitrogens with one attached hydrogen (secondary N) is 1. The van der Waals surface area contributed by atoms with Crippen LogP contribution in [0.3, 0.4) is 0 Å². The Morgan fingerprint density at radius 2 is 1.86 bits per heavy atom. The molecule has 202 valence electrons. The van der Waals surface area contributed by atoms with Crippen molar-refractivity contribution in [3.63, 3.8) is 0 Å². The maximum absolute atomic E-state index is 13.5. The highest BCUT2D eigenvalue weighted by molar-refractivity contribution is 5.86. The molecule has 0 spiro atoms. The van der Waals surface area contributed by atoms with E-state index in [9.17, 15) is 19.5 Å². The van der Waals surface area contributed by atoms with Crippen molar-refractivity contribution in [2.75, 3.05) is 19.6 Å². The molecule has 1 aliphatic rings. The predicted molar refractivity (Wildman–Crippen MR) is 145 cm³/mol. The molecule has 8 nitrogen and oxygen atoms in total. The first-order chi connectivity index (χ1) is 17.9. The summed E-state index contributed by atoms with van der Waals surface area (Å²) in [6.45, 7) is 4.75. The molecular formula is C29H42N4O4. The Kier molecular flexibility index (Phi) is 10.9. The van der Waals surface area contributed by atoms with E-state index in [-0.39, 0.29) is 30.8 Å². The molecule has 37 heavy (non-hydrogen) atoms. The Bertz CT molecular complexity index is 1040. The van der Waals surface area contributed by atoms with Crippen molar-refractivity contribution in [1.29, 1.82) is 0 Å². The number of carbonyl (C=O) groups excluding carboxylic acids is 3. The van der Waals surface area contributed by atoms with Crippen LogP contribution in [0.2, 0.25) is 0 Å². The molecule has 2 aromatic rings. The van der Waals surface area contributed by atoms with E-state index < -0.39 is 18.3 Å². The van der Waals surface area contributed by atoms with Gasteiger partial charge >= 0.3 is 0 Å². The fourth-order valence-corrected chi connectivity index (χ4v) is 5.33. The Balaban J connectivity index is 1.90. The van der Waals surface area contributed by atoms with Gasteiger partial charge in [0.1, 0.15) is 12.2 Å². The van der Waals surface area contributed by atoms with Crippen molar-refractivity contribution in [3.8, 4) is 0 Å². The van der Waals surface area contributed by atoms with Crippen LogP contribution in [0.15, 0.2) is 42.5 Å². The summed E-state index contributed by atoms with van der Waals surface area (Å²) >= 11 is 0. The van der Waals surface area contributed by atoms with Gasteiger partial charge in [-0.2, -0.15) is 0 Å². The van der Waals surface area contributed by atoms with Gasteiger partial charge in [0.25, 0.3) is 0 Å². The minimum atomic E-state index is -0.872. The summed E-state index contributed by atoms with van der Waals surface area (Å²) in [4.78, 5) is 42.9. The summed E-state index contributed by atoms with van der Waals surface area (Å²) < 4.78 is 0. The van der Waals surface area contributed by atoms with Crippen LogP contribution in [0.1, 0.15) is 57.9 Å². The predicted octanol–water partition coefficient (Wildman–Crippen LogP) is 2.81. The highest BCUT2D eigenvalue weighted by Gasteiger charge is 2.40. The van der Waals surface area contributed by atoms with Crippen LogP contribution in [0, 0.1) is 5.92 Å². The normalized spacial score (nSPS) is 17.1. The molecule has 0 saturated carbocycles. The molecular weight excluding hydrogens is 468 g/mol. The largest absolute Gasteiger partial charge is 0.390 e. The zero-order valence-electron chi connectivity index (χ0n) is 22.1. The van der Waals surface area contributed by atoms with E-state index >= 15 is 0 Å². The van der Waals surface area contributed by atoms with Crippen molar-refractivity contribution in [3.05, 3.63) is 48.0 Å². The second kappa shape index (κ2) is 14.1. The number of likely N-dealkylation sites (tertiary alicyclic amines) is 1. The zero-order chi connectivity index (χ0) is 26.8. The number of carbonyl (C=O) groups is 3. The lowest BCUT2D eigenvalue weighted by molar-refractivity contribution is -0.148. The molecule has 4 N–H and O–H groups in total. The third-order valence-corrected chi connectivity index (χ3v) is 7.28. The Morgan fingerprint density at radius 1 is 1.16 bits per heavy atom. The number of amides is 3. The summed E-state index contributed by atoms with van der Waals surface area (Å²) in [5.41, 5.74) is 6.43. The summed E-state index contributed by atoms with van der Waals surface area (Å²) in [5.74, 6) is -0.372. The lowest BCUT2D eigenvalue weighted by Crippen LogP contribution is -2.57. The minimum absolute atomic E-state index is 0.00135. The van der Waals surface area contributed by atoms with Crippen molar-refractivity contribution >= 4 is 29.0 Å². The molecule has 0 bridgehead atoms. The van der Waals surface area contributed by atoms with Gasteiger partial charge in [0.05, 0.1) is 6.10 Å². The first-order valence-corrected chi connectivity index (χ1v) is 13.6. The maximum Gasteiger partial charge on any atom is 0.243 e. The highest BCUT2D eigenvalue weighted by Crippen LogP contribution is 2.28. The van der Waals surface area contributed by atoms with Gasteiger partial charge in [0.15, 0.2) is 0 Å². The van der Waals surface area contributed by atoms with Crippen LogP contribution in [0.4, 0.5) is 0 Å². The SMILES string of the molecule is CCCC(CCC)C(=O)N1CCCC1N(C=O)[C@H](Cc1ccc2ccccc2c1)C(=O)NCC(O)CN. The molecule has 3 amide bonds. The highest BCUT2D eigenvalue weighted by atomic mass is 16.3. The smallest absolute Gasteiger partial charge is 0.243 e. The second-order valence-electron chi connectivity index (χ2n) is 10.0. The van der Waals surface area contributed by atoms with Gasteiger partial charge in [-0.1, -0.05) is 69.2 Å². The van der Waals surface area contributed by atoms with E-state index in [0.29, 0.717) is 25.8 Å². The van der Waals surface area contributed by atoms with Crippen LogP contribution >= 0.6 is 0 Å². The summed E-state index contributed by atoms with van der Waals surface area (Å²) in [6, 6.07) is 13.2. The van der Waals surface area contributed by atoms with E-state index in [0.717, 1.165) is 48.4 Å². The quantitative estimate of drug-likeness (QED) is 0.338. The van der Waals surface area contributed by atoms with E-state index in [4.69, 9.17) is 5.73 Å². The van der Waals surface area contributed by atoms with Gasteiger partial charge < -0.3 is 26.0 Å². The molecule has 0 aromatic heterocycles. The van der Waals surface area contributed by atoms with Crippen LogP contribution < -0.4 is 11.1 Å². The fourth-order valence-electron chi connectivity index (χ4n) is 5.33. The van der Waals surface area contributed by atoms with Gasteiger partial charge in [0, 0.05) is 32.0 Å². The van der Waals surface area contributed by atoms with E-state index in [1.807, 2.05) is 42.5 Å². The molecule has 3 atom stereocenters. The van der Waals surface area contributed by atoms with Crippen molar-refractivity contribution in [1.82, 2.24) is 15.1 Å². The molecule has 1 heterocycles. The Labute approximate surface area is 220 Å². The Morgan fingerprint density at radius 3 is 2.51 bits per heavy atom. The standard InChI is InChI=1S/C29H42N4O4/c1-3-8-23(9-4-2)29(37)32-15-7-12-27(32)33(20-34)26(28(36)31-19-25(35)18-30)17-21-13-14-22-10-5-6-11-24(22)16-21/h5-6,10-11,13-14,16,20,23,25-27,35H,3-4,7-9,12,15,17-19,30H2,1-2H3,(H,31,36)/t25?,26-,27?/m1/s1. The number of hydrogen-bond acceptors (Lipinski definition) is 5. The number of nitrogens with two attached hydrogens (primary N) is 1. The topological polar surface area (TPSA) is 116 Å². The molecule has 2 aromatic carbocycles. The van der Waals surface area contributed by atoms with Gasteiger partial charge in [-0.3, -0.25) is 14.4 Å². The number of fused-ring (bicyclic) bond motifs is 1. The number of hydrogen-bond donors (Lipinski definition) is 3.